The summed E-state index contributed by atoms with van der Waals surface area (Å²) < 4.78 is 0. The smallest absolute Gasteiger partial charge is 0.306 e. The van der Waals surface area contributed by atoms with Crippen LogP contribution in [0.4, 0.5) is 0 Å². The molecular weight excluding hydrogens is 454 g/mol. The van der Waals surface area contributed by atoms with E-state index in [0.29, 0.717) is 34.1 Å². The van der Waals surface area contributed by atoms with E-state index >= 15 is 0 Å². The fourth-order valence-electron chi connectivity index (χ4n) is 12.2. The molecule has 4 fully saturated rings. The fourth-order valence-corrected chi connectivity index (χ4v) is 12.2. The molecule has 6 rings (SSSR count). The summed E-state index contributed by atoms with van der Waals surface area (Å²) in [5.41, 5.74) is 4.81. The summed E-state index contributed by atoms with van der Waals surface area (Å²) in [5, 5.41) is 13.5. The molecule has 0 radical (unpaired) electrons. The lowest BCUT2D eigenvalue weighted by Gasteiger charge is -2.71. The molecule has 10 atom stereocenters. The second-order valence-electron chi connectivity index (χ2n) is 15.1. The van der Waals surface area contributed by atoms with Gasteiger partial charge in [0, 0.05) is 5.54 Å². The monoisotopic (exact) mass is 507 g/mol. The number of nitrogens with one attached hydrogen (secondary N) is 1. The van der Waals surface area contributed by atoms with Crippen molar-refractivity contribution < 1.29 is 9.90 Å². The van der Waals surface area contributed by atoms with Crippen molar-refractivity contribution in [3.05, 3.63) is 23.3 Å². The number of carbonyl (C=O) groups is 1. The molecule has 206 valence electrons. The number of hydrogen-bond acceptors (Lipinski definition) is 2. The van der Waals surface area contributed by atoms with Gasteiger partial charge in [-0.1, -0.05) is 53.2 Å². The number of aliphatic carboxylic acids is 1. The molecular formula is C34H53NO2. The molecule has 0 aromatic carbocycles. The molecule has 4 saturated carbocycles. The first-order valence-electron chi connectivity index (χ1n) is 16.0. The van der Waals surface area contributed by atoms with Crippen LogP contribution in [-0.4, -0.2) is 23.2 Å². The first-order chi connectivity index (χ1) is 17.6. The Morgan fingerprint density at radius 3 is 2.46 bits per heavy atom. The van der Waals surface area contributed by atoms with Gasteiger partial charge in [-0.2, -0.15) is 0 Å². The van der Waals surface area contributed by atoms with E-state index in [1.165, 1.54) is 69.8 Å². The first-order valence-corrected chi connectivity index (χ1v) is 16.0. The van der Waals surface area contributed by atoms with Crippen LogP contribution in [0.15, 0.2) is 23.3 Å². The zero-order chi connectivity index (χ0) is 26.2. The Bertz CT molecular complexity index is 998. The van der Waals surface area contributed by atoms with Crippen molar-refractivity contribution in [2.45, 2.75) is 124 Å². The van der Waals surface area contributed by atoms with Gasteiger partial charge in [-0.15, -0.1) is 0 Å². The van der Waals surface area contributed by atoms with Crippen LogP contribution in [-0.2, 0) is 4.79 Å². The normalized spacial score (nSPS) is 51.2. The van der Waals surface area contributed by atoms with Gasteiger partial charge in [-0.25, -0.2) is 0 Å². The SMILES string of the molecule is CCN[C@]12CCCC1C1CCC3C4(C)CC=C(C5=CCC(C(=O)O)CC5)C(C)C4CCC3(C)[C@]1(C)CC2. The van der Waals surface area contributed by atoms with Gasteiger partial charge in [0.1, 0.15) is 0 Å². The molecule has 0 bridgehead atoms. The van der Waals surface area contributed by atoms with Gasteiger partial charge in [0.2, 0.25) is 0 Å². The topological polar surface area (TPSA) is 49.3 Å². The molecule has 2 N–H and O–H groups in total. The summed E-state index contributed by atoms with van der Waals surface area (Å²) in [5.74, 6) is 3.17. The number of hydrogen-bond donors (Lipinski definition) is 2. The number of carboxylic acids is 1. The Morgan fingerprint density at radius 2 is 1.76 bits per heavy atom. The zero-order valence-corrected chi connectivity index (χ0v) is 24.4. The zero-order valence-electron chi connectivity index (χ0n) is 24.4. The van der Waals surface area contributed by atoms with Crippen molar-refractivity contribution in [3.63, 3.8) is 0 Å². The lowest BCUT2D eigenvalue weighted by Crippen LogP contribution is -2.66. The van der Waals surface area contributed by atoms with Gasteiger partial charge in [-0.3, -0.25) is 4.79 Å². The van der Waals surface area contributed by atoms with Crippen molar-refractivity contribution in [1.29, 1.82) is 0 Å². The van der Waals surface area contributed by atoms with Crippen molar-refractivity contribution in [3.8, 4) is 0 Å². The van der Waals surface area contributed by atoms with Crippen molar-refractivity contribution >= 4 is 5.97 Å². The average Bonchev–Trinajstić information content (AvgIpc) is 3.29. The highest BCUT2D eigenvalue weighted by Crippen LogP contribution is 2.75. The minimum absolute atomic E-state index is 0.179. The third-order valence-electron chi connectivity index (χ3n) is 14.2. The Morgan fingerprint density at radius 1 is 0.946 bits per heavy atom. The molecule has 6 aliphatic carbocycles. The first kappa shape index (κ1) is 26.1. The molecule has 8 unspecified atom stereocenters. The average molecular weight is 508 g/mol. The lowest BCUT2D eigenvalue weighted by atomic mass is 9.34. The molecule has 0 heterocycles. The Hall–Kier alpha value is -1.09. The van der Waals surface area contributed by atoms with Crippen molar-refractivity contribution in [2.75, 3.05) is 6.54 Å². The van der Waals surface area contributed by atoms with Crippen LogP contribution in [0.5, 0.6) is 0 Å². The maximum atomic E-state index is 11.5. The summed E-state index contributed by atoms with van der Waals surface area (Å²) in [7, 11) is 0. The summed E-state index contributed by atoms with van der Waals surface area (Å²) in [6.45, 7) is 14.1. The van der Waals surface area contributed by atoms with Crippen molar-refractivity contribution in [2.24, 2.45) is 51.8 Å². The standard InChI is InChI=1S/C34H53NO2/c1-6-35-34-17-7-8-28(34)27-13-14-29-31(3)18-15-25(23-9-11-24(12-10-23)30(36)37)22(2)26(31)16-19-33(29,5)32(27,4)20-21-34/h9,15,22,24,26-29,35H,6-8,10-14,16-21H2,1-5H3,(H,36,37)/t22?,24?,26?,27?,28?,29?,31?,32-,33?,34+/m1/s1. The van der Waals surface area contributed by atoms with E-state index in [1.807, 2.05) is 0 Å². The van der Waals surface area contributed by atoms with Crippen molar-refractivity contribution in [1.82, 2.24) is 5.32 Å². The summed E-state index contributed by atoms with van der Waals surface area (Å²) in [6.07, 6.45) is 21.4. The molecule has 37 heavy (non-hydrogen) atoms. The highest BCUT2D eigenvalue weighted by molar-refractivity contribution is 5.70. The van der Waals surface area contributed by atoms with Gasteiger partial charge in [0.15, 0.2) is 0 Å². The predicted octanol–water partition coefficient (Wildman–Crippen LogP) is 8.16. The van der Waals surface area contributed by atoms with E-state index in [2.05, 4.69) is 52.1 Å². The maximum Gasteiger partial charge on any atom is 0.306 e. The van der Waals surface area contributed by atoms with Gasteiger partial charge >= 0.3 is 5.97 Å². The highest BCUT2D eigenvalue weighted by atomic mass is 16.4. The van der Waals surface area contributed by atoms with E-state index in [-0.39, 0.29) is 5.92 Å². The van der Waals surface area contributed by atoms with Crippen LogP contribution in [0.25, 0.3) is 0 Å². The van der Waals surface area contributed by atoms with Crippen LogP contribution in [0, 0.1) is 51.8 Å². The number of fused-ring (bicyclic) bond motifs is 7. The van der Waals surface area contributed by atoms with Crippen LogP contribution in [0.2, 0.25) is 0 Å². The molecule has 0 aliphatic heterocycles. The quantitative estimate of drug-likeness (QED) is 0.403. The molecule has 3 heteroatoms. The van der Waals surface area contributed by atoms with Crippen LogP contribution in [0.1, 0.15) is 118 Å². The van der Waals surface area contributed by atoms with E-state index in [1.54, 1.807) is 5.57 Å². The van der Waals surface area contributed by atoms with E-state index in [4.69, 9.17) is 0 Å². The molecule has 0 spiro atoms. The summed E-state index contributed by atoms with van der Waals surface area (Å²) in [6, 6.07) is 0. The van der Waals surface area contributed by atoms with E-state index < -0.39 is 5.97 Å². The summed E-state index contributed by atoms with van der Waals surface area (Å²) >= 11 is 0. The van der Waals surface area contributed by atoms with Crippen LogP contribution < -0.4 is 5.32 Å². The third kappa shape index (κ3) is 3.57. The Balaban J connectivity index is 1.28. The Kier molecular flexibility index (Phi) is 6.34. The maximum absolute atomic E-state index is 11.5. The molecule has 3 nitrogen and oxygen atoms in total. The van der Waals surface area contributed by atoms with Gasteiger partial charge in [0.05, 0.1) is 5.92 Å². The molecule has 0 aromatic rings. The predicted molar refractivity (Wildman–Crippen MR) is 151 cm³/mol. The van der Waals surface area contributed by atoms with E-state index in [9.17, 15) is 9.90 Å². The lowest BCUT2D eigenvalue weighted by molar-refractivity contribution is -0.212. The van der Waals surface area contributed by atoms with Gasteiger partial charge < -0.3 is 10.4 Å². The highest BCUT2D eigenvalue weighted by Gasteiger charge is 2.68. The minimum Gasteiger partial charge on any atom is -0.481 e. The van der Waals surface area contributed by atoms with Gasteiger partial charge in [0.25, 0.3) is 0 Å². The molecule has 0 saturated heterocycles. The fraction of sp³-hybridized carbons (Fsp3) is 0.853. The van der Waals surface area contributed by atoms with Crippen LogP contribution in [0.3, 0.4) is 0 Å². The minimum atomic E-state index is -0.618. The van der Waals surface area contributed by atoms with Gasteiger partial charge in [-0.05, 0) is 141 Å². The number of allylic oxidation sites excluding steroid dienone is 4. The number of rotatable bonds is 4. The number of carboxylic acid groups (broad SMARTS) is 1. The second kappa shape index (κ2) is 8.97. The third-order valence-corrected chi connectivity index (χ3v) is 14.2. The summed E-state index contributed by atoms with van der Waals surface area (Å²) in [4.78, 5) is 11.5. The van der Waals surface area contributed by atoms with Crippen LogP contribution >= 0.6 is 0 Å². The molecule has 6 aliphatic rings. The largest absolute Gasteiger partial charge is 0.481 e. The molecule has 0 aromatic heterocycles. The van der Waals surface area contributed by atoms with E-state index in [0.717, 1.165) is 43.1 Å². The Labute approximate surface area is 226 Å². The second-order valence-corrected chi connectivity index (χ2v) is 15.1. The molecule has 0 amide bonds.